The molecule has 0 radical (unpaired) electrons. The van der Waals surface area contributed by atoms with Crippen LogP contribution >= 0.6 is 0 Å². The molecule has 2 fully saturated rings. The Morgan fingerprint density at radius 3 is 2.65 bits per heavy atom. The van der Waals surface area contributed by atoms with Crippen LogP contribution < -0.4 is 10.6 Å². The molecule has 0 aliphatic heterocycles. The second-order valence-electron chi connectivity index (χ2n) is 6.21. The predicted molar refractivity (Wildman–Crippen MR) is 84.1 cm³/mol. The first-order valence-corrected chi connectivity index (χ1v) is 8.46. The van der Waals surface area contributed by atoms with Gasteiger partial charge in [0.05, 0.1) is 6.10 Å². The van der Waals surface area contributed by atoms with E-state index in [-0.39, 0.29) is 0 Å². The van der Waals surface area contributed by atoms with Crippen molar-refractivity contribution in [1.29, 1.82) is 0 Å². The number of nitrogens with zero attached hydrogens (tertiary/aromatic N) is 1. The van der Waals surface area contributed by atoms with E-state index in [0.717, 1.165) is 38.0 Å². The minimum absolute atomic E-state index is 0.520. The molecule has 0 spiro atoms. The fraction of sp³-hybridized carbons (Fsp3) is 0.938. The first-order chi connectivity index (χ1) is 9.79. The van der Waals surface area contributed by atoms with Gasteiger partial charge in [0.2, 0.25) is 0 Å². The molecule has 20 heavy (non-hydrogen) atoms. The highest BCUT2D eigenvalue weighted by molar-refractivity contribution is 5.80. The highest BCUT2D eigenvalue weighted by Gasteiger charge is 2.33. The topological polar surface area (TPSA) is 45.7 Å². The Morgan fingerprint density at radius 1 is 1.25 bits per heavy atom. The maximum atomic E-state index is 5.93. The average Bonchev–Trinajstić information content (AvgIpc) is 3.15. The summed E-state index contributed by atoms with van der Waals surface area (Å²) in [7, 11) is 0. The molecule has 2 unspecified atom stereocenters. The zero-order valence-electron chi connectivity index (χ0n) is 13.2. The van der Waals surface area contributed by atoms with Crippen molar-refractivity contribution in [2.45, 2.75) is 70.9 Å². The normalized spacial score (nSPS) is 27.4. The molecule has 0 heterocycles. The van der Waals surface area contributed by atoms with Gasteiger partial charge in [0, 0.05) is 25.7 Å². The van der Waals surface area contributed by atoms with E-state index in [2.05, 4.69) is 29.5 Å². The minimum atomic E-state index is 0.520. The second-order valence-corrected chi connectivity index (χ2v) is 6.21. The van der Waals surface area contributed by atoms with Crippen LogP contribution in [-0.4, -0.2) is 37.8 Å². The van der Waals surface area contributed by atoms with Crippen molar-refractivity contribution in [1.82, 2.24) is 10.6 Å². The molecule has 2 N–H and O–H groups in total. The Morgan fingerprint density at radius 2 is 2.00 bits per heavy atom. The number of hydrogen-bond donors (Lipinski definition) is 2. The van der Waals surface area contributed by atoms with E-state index in [9.17, 15) is 0 Å². The minimum Gasteiger partial charge on any atom is -0.378 e. The largest absolute Gasteiger partial charge is 0.378 e. The molecular weight excluding hydrogens is 250 g/mol. The molecule has 0 bridgehead atoms. The van der Waals surface area contributed by atoms with Crippen LogP contribution in [0.5, 0.6) is 0 Å². The Labute approximate surface area is 123 Å². The molecule has 0 amide bonds. The number of aliphatic imine (C=N–C) groups is 1. The summed E-state index contributed by atoms with van der Waals surface area (Å²) in [6.45, 7) is 7.01. The molecule has 0 aromatic heterocycles. The zero-order chi connectivity index (χ0) is 14.2. The summed E-state index contributed by atoms with van der Waals surface area (Å²) in [5, 5.41) is 6.79. The van der Waals surface area contributed by atoms with Crippen molar-refractivity contribution < 1.29 is 4.74 Å². The third kappa shape index (κ3) is 5.70. The fourth-order valence-corrected chi connectivity index (χ4v) is 2.76. The van der Waals surface area contributed by atoms with Gasteiger partial charge in [-0.3, -0.25) is 4.99 Å². The summed E-state index contributed by atoms with van der Waals surface area (Å²) in [4.78, 5) is 4.63. The van der Waals surface area contributed by atoms with Crippen LogP contribution in [0.25, 0.3) is 0 Å². The van der Waals surface area contributed by atoms with Crippen LogP contribution in [-0.2, 0) is 4.74 Å². The van der Waals surface area contributed by atoms with Gasteiger partial charge in [-0.25, -0.2) is 0 Å². The monoisotopic (exact) mass is 281 g/mol. The van der Waals surface area contributed by atoms with Crippen molar-refractivity contribution in [3.8, 4) is 0 Å². The number of nitrogens with one attached hydrogen (secondary N) is 2. The molecule has 4 heteroatoms. The first kappa shape index (κ1) is 15.6. The van der Waals surface area contributed by atoms with E-state index < -0.39 is 0 Å². The van der Waals surface area contributed by atoms with Gasteiger partial charge in [-0.2, -0.15) is 0 Å². The summed E-state index contributed by atoms with van der Waals surface area (Å²) in [5.74, 6) is 1.77. The van der Waals surface area contributed by atoms with Gasteiger partial charge in [0.15, 0.2) is 5.96 Å². The van der Waals surface area contributed by atoms with Gasteiger partial charge < -0.3 is 15.4 Å². The average molecular weight is 281 g/mol. The Hall–Kier alpha value is -0.770. The van der Waals surface area contributed by atoms with E-state index in [1.54, 1.807) is 0 Å². The summed E-state index contributed by atoms with van der Waals surface area (Å²) < 4.78 is 5.93. The Balaban J connectivity index is 1.57. The van der Waals surface area contributed by atoms with E-state index in [1.807, 2.05) is 0 Å². The molecule has 116 valence electrons. The van der Waals surface area contributed by atoms with Crippen LogP contribution in [0.2, 0.25) is 0 Å². The van der Waals surface area contributed by atoms with Gasteiger partial charge in [0.25, 0.3) is 0 Å². The molecule has 2 aliphatic rings. The van der Waals surface area contributed by atoms with Crippen LogP contribution in [0.3, 0.4) is 0 Å². The van der Waals surface area contributed by atoms with E-state index in [4.69, 9.17) is 4.74 Å². The maximum absolute atomic E-state index is 5.93. The Bertz CT molecular complexity index is 300. The first-order valence-electron chi connectivity index (χ1n) is 8.46. The Kier molecular flexibility index (Phi) is 6.64. The molecule has 2 aliphatic carbocycles. The lowest BCUT2D eigenvalue weighted by atomic mass is 9.98. The van der Waals surface area contributed by atoms with Crippen molar-refractivity contribution in [2.24, 2.45) is 10.9 Å². The number of ether oxygens (including phenoxy) is 1. The number of guanidine groups is 1. The standard InChI is InChI=1S/C16H31N3O/c1-3-17-16(19-15-12-13(15)2)18-10-7-11-20-14-8-5-4-6-9-14/h13-15H,3-12H2,1-2H3,(H2,17,18,19). The molecule has 2 saturated carbocycles. The maximum Gasteiger partial charge on any atom is 0.191 e. The zero-order valence-corrected chi connectivity index (χ0v) is 13.2. The van der Waals surface area contributed by atoms with Gasteiger partial charge in [0.1, 0.15) is 0 Å². The lowest BCUT2D eigenvalue weighted by Gasteiger charge is -2.21. The van der Waals surface area contributed by atoms with Crippen LogP contribution in [0.4, 0.5) is 0 Å². The molecule has 0 saturated heterocycles. The quantitative estimate of drug-likeness (QED) is 0.428. The van der Waals surface area contributed by atoms with Gasteiger partial charge in [-0.1, -0.05) is 26.2 Å². The number of hydrogen-bond acceptors (Lipinski definition) is 2. The smallest absolute Gasteiger partial charge is 0.191 e. The molecule has 2 rings (SSSR count). The lowest BCUT2D eigenvalue weighted by molar-refractivity contribution is 0.0281. The third-order valence-electron chi connectivity index (χ3n) is 4.25. The van der Waals surface area contributed by atoms with Gasteiger partial charge in [-0.05, 0) is 38.5 Å². The molecule has 2 atom stereocenters. The van der Waals surface area contributed by atoms with E-state index >= 15 is 0 Å². The van der Waals surface area contributed by atoms with Crippen molar-refractivity contribution >= 4 is 5.96 Å². The SMILES string of the molecule is CCNC(=NCCCOC1CCCCC1)NC1CC1C. The number of rotatable bonds is 7. The highest BCUT2D eigenvalue weighted by atomic mass is 16.5. The van der Waals surface area contributed by atoms with E-state index in [0.29, 0.717) is 12.1 Å². The van der Waals surface area contributed by atoms with E-state index in [1.165, 1.54) is 38.5 Å². The second kappa shape index (κ2) is 8.50. The van der Waals surface area contributed by atoms with Crippen LogP contribution in [0.15, 0.2) is 4.99 Å². The summed E-state index contributed by atoms with van der Waals surface area (Å²) >= 11 is 0. The molecule has 0 aromatic rings. The summed E-state index contributed by atoms with van der Waals surface area (Å²) in [5.41, 5.74) is 0. The third-order valence-corrected chi connectivity index (χ3v) is 4.25. The van der Waals surface area contributed by atoms with Crippen molar-refractivity contribution in [3.05, 3.63) is 0 Å². The molecule has 0 aromatic carbocycles. The summed E-state index contributed by atoms with van der Waals surface area (Å²) in [6.07, 6.45) is 9.41. The van der Waals surface area contributed by atoms with Crippen molar-refractivity contribution in [3.63, 3.8) is 0 Å². The van der Waals surface area contributed by atoms with Gasteiger partial charge in [-0.15, -0.1) is 0 Å². The van der Waals surface area contributed by atoms with Gasteiger partial charge >= 0.3 is 0 Å². The van der Waals surface area contributed by atoms with Crippen LogP contribution in [0.1, 0.15) is 58.8 Å². The predicted octanol–water partition coefficient (Wildman–Crippen LogP) is 2.69. The molecular formula is C16H31N3O. The summed E-state index contributed by atoms with van der Waals surface area (Å²) in [6, 6.07) is 0.631. The van der Waals surface area contributed by atoms with Crippen molar-refractivity contribution in [2.75, 3.05) is 19.7 Å². The highest BCUT2D eigenvalue weighted by Crippen LogP contribution is 2.28. The lowest BCUT2D eigenvalue weighted by Crippen LogP contribution is -2.39. The molecule has 4 nitrogen and oxygen atoms in total. The fourth-order valence-electron chi connectivity index (χ4n) is 2.76. The van der Waals surface area contributed by atoms with Crippen LogP contribution in [0, 0.1) is 5.92 Å².